The van der Waals surface area contributed by atoms with E-state index in [4.69, 9.17) is 15.9 Å². The molecule has 158 valence electrons. The molecule has 0 heterocycles. The van der Waals surface area contributed by atoms with Crippen LogP contribution < -0.4 is 5.73 Å². The maximum atomic E-state index is 10.3. The standard InChI is InChI=1S/C22H32O2.C2H7NO/c1-2-3-4-5-6-7-8-9-10-11-12-13-14-15-16-17-18-19-20-21-22(23)24;3-1-2-4/h3-4,6-7,9-10,12-13,15-16,18-19H,2,5,8,11,14,17,20-21H2,1H3,(H,23,24);4H,1-3H2/b4-3-,7-6-,10-9-,13-12-,16-15-,19-18-;. The van der Waals surface area contributed by atoms with Crippen molar-refractivity contribution in [2.45, 2.75) is 58.3 Å². The van der Waals surface area contributed by atoms with Gasteiger partial charge in [-0.15, -0.1) is 0 Å². The van der Waals surface area contributed by atoms with Gasteiger partial charge in [0.2, 0.25) is 0 Å². The van der Waals surface area contributed by atoms with Gasteiger partial charge in [-0.2, -0.15) is 0 Å². The third-order valence-corrected chi connectivity index (χ3v) is 3.25. The van der Waals surface area contributed by atoms with Crippen molar-refractivity contribution in [2.24, 2.45) is 5.73 Å². The highest BCUT2D eigenvalue weighted by Gasteiger charge is 1.90. The first-order valence-corrected chi connectivity index (χ1v) is 10.1. The smallest absolute Gasteiger partial charge is 0.303 e. The summed E-state index contributed by atoms with van der Waals surface area (Å²) in [7, 11) is 0. The highest BCUT2D eigenvalue weighted by atomic mass is 16.4. The van der Waals surface area contributed by atoms with Crippen LogP contribution in [0.5, 0.6) is 0 Å². The van der Waals surface area contributed by atoms with Gasteiger partial charge in [0, 0.05) is 13.0 Å². The van der Waals surface area contributed by atoms with Gasteiger partial charge >= 0.3 is 5.97 Å². The van der Waals surface area contributed by atoms with Gasteiger partial charge in [0.25, 0.3) is 0 Å². The van der Waals surface area contributed by atoms with Crippen molar-refractivity contribution in [1.29, 1.82) is 0 Å². The van der Waals surface area contributed by atoms with Gasteiger partial charge in [-0.05, 0) is 44.9 Å². The Balaban J connectivity index is 0. The van der Waals surface area contributed by atoms with Gasteiger partial charge in [-0.3, -0.25) is 4.79 Å². The first-order valence-electron chi connectivity index (χ1n) is 10.1. The molecule has 0 bridgehead atoms. The van der Waals surface area contributed by atoms with Crippen LogP contribution in [0.3, 0.4) is 0 Å². The van der Waals surface area contributed by atoms with Crippen LogP contribution in [-0.4, -0.2) is 29.3 Å². The Kier molecular flexibility index (Phi) is 27.1. The second-order valence-corrected chi connectivity index (χ2v) is 5.86. The summed E-state index contributed by atoms with van der Waals surface area (Å²) >= 11 is 0. The Morgan fingerprint density at radius 2 is 1.04 bits per heavy atom. The molecule has 0 aromatic rings. The van der Waals surface area contributed by atoms with Crippen molar-refractivity contribution in [2.75, 3.05) is 13.2 Å². The van der Waals surface area contributed by atoms with Crippen LogP contribution in [0.1, 0.15) is 58.3 Å². The first kappa shape index (κ1) is 28.0. The molecule has 0 saturated heterocycles. The molecule has 0 aromatic heterocycles. The van der Waals surface area contributed by atoms with Crippen molar-refractivity contribution < 1.29 is 15.0 Å². The molecule has 0 aromatic carbocycles. The number of nitrogens with two attached hydrogens (primary N) is 1. The summed E-state index contributed by atoms with van der Waals surface area (Å²) in [5.74, 6) is -0.741. The van der Waals surface area contributed by atoms with E-state index in [-0.39, 0.29) is 13.0 Å². The number of aliphatic carboxylic acids is 1. The maximum Gasteiger partial charge on any atom is 0.303 e. The topological polar surface area (TPSA) is 83.5 Å². The third-order valence-electron chi connectivity index (χ3n) is 3.25. The number of rotatable bonds is 15. The number of carboxylic acids is 1. The highest BCUT2D eigenvalue weighted by Crippen LogP contribution is 1.97. The molecular formula is C24H39NO3. The van der Waals surface area contributed by atoms with Gasteiger partial charge in [-0.1, -0.05) is 79.8 Å². The van der Waals surface area contributed by atoms with E-state index in [0.29, 0.717) is 13.0 Å². The van der Waals surface area contributed by atoms with Crippen LogP contribution in [0.4, 0.5) is 0 Å². The molecular weight excluding hydrogens is 350 g/mol. The van der Waals surface area contributed by atoms with E-state index in [0.717, 1.165) is 38.5 Å². The predicted molar refractivity (Wildman–Crippen MR) is 121 cm³/mol. The fraction of sp³-hybridized carbons (Fsp3) is 0.458. The molecule has 0 saturated carbocycles. The van der Waals surface area contributed by atoms with Crippen LogP contribution in [0.15, 0.2) is 72.9 Å². The molecule has 4 nitrogen and oxygen atoms in total. The van der Waals surface area contributed by atoms with Crippen molar-refractivity contribution in [1.82, 2.24) is 0 Å². The molecule has 4 heteroatoms. The Labute approximate surface area is 171 Å². The molecule has 0 spiro atoms. The highest BCUT2D eigenvalue weighted by molar-refractivity contribution is 5.66. The molecule has 0 amide bonds. The molecule has 28 heavy (non-hydrogen) atoms. The zero-order chi connectivity index (χ0) is 21.1. The molecule has 0 aliphatic heterocycles. The second-order valence-electron chi connectivity index (χ2n) is 5.86. The summed E-state index contributed by atoms with van der Waals surface area (Å²) in [5, 5.41) is 16.2. The number of allylic oxidation sites excluding steroid dienone is 12. The number of carboxylic acid groups (broad SMARTS) is 1. The van der Waals surface area contributed by atoms with E-state index in [1.54, 1.807) is 0 Å². The van der Waals surface area contributed by atoms with E-state index in [9.17, 15) is 4.79 Å². The molecule has 4 N–H and O–H groups in total. The first-order chi connectivity index (χ1) is 13.7. The average molecular weight is 390 g/mol. The summed E-state index contributed by atoms with van der Waals surface area (Å²) in [6, 6.07) is 0. The largest absolute Gasteiger partial charge is 0.481 e. The molecule has 0 atom stereocenters. The zero-order valence-electron chi connectivity index (χ0n) is 17.4. The molecule has 0 fully saturated rings. The SMILES string of the molecule is CC/C=C\C/C=C\C/C=C\C/C=C\C/C=C\C/C=C\CCC(=O)O.NCCO. The number of carbonyl (C=O) groups is 1. The summed E-state index contributed by atoms with van der Waals surface area (Å²) in [4.78, 5) is 10.3. The number of hydrogen-bond acceptors (Lipinski definition) is 3. The summed E-state index contributed by atoms with van der Waals surface area (Å²) in [6.07, 6.45) is 32.5. The lowest BCUT2D eigenvalue weighted by molar-refractivity contribution is -0.136. The van der Waals surface area contributed by atoms with Crippen molar-refractivity contribution in [3.05, 3.63) is 72.9 Å². The lowest BCUT2D eigenvalue weighted by atomic mass is 10.2. The van der Waals surface area contributed by atoms with E-state index in [1.807, 2.05) is 12.2 Å². The maximum absolute atomic E-state index is 10.3. The van der Waals surface area contributed by atoms with Gasteiger partial charge in [0.1, 0.15) is 0 Å². The van der Waals surface area contributed by atoms with E-state index < -0.39 is 5.97 Å². The number of hydrogen-bond donors (Lipinski definition) is 3. The van der Waals surface area contributed by atoms with Crippen molar-refractivity contribution in [3.63, 3.8) is 0 Å². The summed E-state index contributed by atoms with van der Waals surface area (Å²) < 4.78 is 0. The zero-order valence-corrected chi connectivity index (χ0v) is 17.4. The van der Waals surface area contributed by atoms with E-state index in [1.165, 1.54) is 0 Å². The van der Waals surface area contributed by atoms with Crippen LogP contribution in [-0.2, 0) is 4.79 Å². The Morgan fingerprint density at radius 1 is 0.714 bits per heavy atom. The Bertz CT molecular complexity index is 498. The normalized spacial score (nSPS) is 12.2. The third kappa shape index (κ3) is 31.6. The van der Waals surface area contributed by atoms with Gasteiger partial charge < -0.3 is 15.9 Å². The number of aliphatic hydroxyl groups is 1. The van der Waals surface area contributed by atoms with Gasteiger partial charge in [-0.25, -0.2) is 0 Å². The van der Waals surface area contributed by atoms with Crippen LogP contribution in [0, 0.1) is 0 Å². The predicted octanol–water partition coefficient (Wildman–Crippen LogP) is 5.49. The molecule has 0 aliphatic carbocycles. The fourth-order valence-electron chi connectivity index (χ4n) is 1.85. The number of aliphatic hydroxyl groups excluding tert-OH is 1. The second kappa shape index (κ2) is 27.1. The molecule has 0 radical (unpaired) electrons. The minimum atomic E-state index is -0.741. The molecule has 0 unspecified atom stereocenters. The summed E-state index contributed by atoms with van der Waals surface area (Å²) in [6.45, 7) is 2.62. The lowest BCUT2D eigenvalue weighted by Crippen LogP contribution is -2.02. The monoisotopic (exact) mass is 389 g/mol. The summed E-state index contributed by atoms with van der Waals surface area (Å²) in [5.41, 5.74) is 4.78. The van der Waals surface area contributed by atoms with Gasteiger partial charge in [0.05, 0.1) is 6.61 Å². The van der Waals surface area contributed by atoms with Crippen LogP contribution in [0.2, 0.25) is 0 Å². The van der Waals surface area contributed by atoms with E-state index in [2.05, 4.69) is 67.7 Å². The van der Waals surface area contributed by atoms with E-state index >= 15 is 0 Å². The van der Waals surface area contributed by atoms with Crippen LogP contribution >= 0.6 is 0 Å². The fourth-order valence-corrected chi connectivity index (χ4v) is 1.85. The minimum Gasteiger partial charge on any atom is -0.481 e. The van der Waals surface area contributed by atoms with Gasteiger partial charge in [0.15, 0.2) is 0 Å². The quantitative estimate of drug-likeness (QED) is 0.324. The van der Waals surface area contributed by atoms with Crippen molar-refractivity contribution >= 4 is 5.97 Å². The minimum absolute atomic E-state index is 0.0972. The Morgan fingerprint density at radius 3 is 1.32 bits per heavy atom. The lowest BCUT2D eigenvalue weighted by Gasteiger charge is -1.87. The molecule has 0 rings (SSSR count). The van der Waals surface area contributed by atoms with Crippen LogP contribution in [0.25, 0.3) is 0 Å². The van der Waals surface area contributed by atoms with Crippen molar-refractivity contribution in [3.8, 4) is 0 Å². The molecule has 0 aliphatic rings. The Hall–Kier alpha value is -2.17. The average Bonchev–Trinajstić information content (AvgIpc) is 2.69.